The lowest BCUT2D eigenvalue weighted by atomic mass is 10.1. The molecule has 0 atom stereocenters. The summed E-state index contributed by atoms with van der Waals surface area (Å²) in [6.07, 6.45) is -1.37. The van der Waals surface area contributed by atoms with Crippen LogP contribution >= 0.6 is 11.3 Å². The standard InChI is InChI=1S/C19H19F3N4O2S/c1-2-6-28-7-5-24-17(27)26-18-25-15-4-3-12(9-16(15)29-18)13-8-14(11-23-10-13)19(20,21)22/h3-4,8-11H,2,5-7H2,1H3,(H2,24,25,26,27). The Bertz CT molecular complexity index is 991. The molecule has 0 radical (unpaired) electrons. The first kappa shape index (κ1) is 21.0. The van der Waals surface area contributed by atoms with Gasteiger partial charge in [0.1, 0.15) is 0 Å². The normalized spacial score (nSPS) is 11.6. The van der Waals surface area contributed by atoms with Crippen LogP contribution in [0.4, 0.5) is 23.1 Å². The minimum Gasteiger partial charge on any atom is -0.380 e. The lowest BCUT2D eigenvalue weighted by molar-refractivity contribution is -0.137. The first-order valence-electron chi connectivity index (χ1n) is 8.92. The third-order valence-electron chi connectivity index (χ3n) is 3.89. The molecule has 0 aliphatic heterocycles. The Kier molecular flexibility index (Phi) is 6.65. The Balaban J connectivity index is 1.70. The number of halogens is 3. The maximum Gasteiger partial charge on any atom is 0.417 e. The molecule has 2 N–H and O–H groups in total. The molecular weight excluding hydrogens is 405 g/mol. The third kappa shape index (κ3) is 5.64. The Labute approximate surface area is 169 Å². The maximum atomic E-state index is 12.9. The van der Waals surface area contributed by atoms with Gasteiger partial charge in [-0.05, 0) is 30.2 Å². The number of hydrogen-bond acceptors (Lipinski definition) is 5. The van der Waals surface area contributed by atoms with Gasteiger partial charge in [-0.15, -0.1) is 0 Å². The molecule has 2 amide bonds. The summed E-state index contributed by atoms with van der Waals surface area (Å²) in [5.74, 6) is 0. The van der Waals surface area contributed by atoms with Crippen LogP contribution in [0.25, 0.3) is 21.3 Å². The van der Waals surface area contributed by atoms with Gasteiger partial charge in [0.05, 0.1) is 22.4 Å². The molecule has 0 aliphatic rings. The second-order valence-corrected chi connectivity index (χ2v) is 7.19. The minimum atomic E-state index is -4.45. The zero-order valence-electron chi connectivity index (χ0n) is 15.5. The highest BCUT2D eigenvalue weighted by atomic mass is 32.1. The number of nitrogens with zero attached hydrogens (tertiary/aromatic N) is 2. The van der Waals surface area contributed by atoms with Crippen molar-refractivity contribution in [2.24, 2.45) is 0 Å². The van der Waals surface area contributed by atoms with E-state index in [0.29, 0.717) is 41.5 Å². The first-order valence-corrected chi connectivity index (χ1v) is 9.74. The maximum absolute atomic E-state index is 12.9. The molecule has 0 spiro atoms. The minimum absolute atomic E-state index is 0.356. The van der Waals surface area contributed by atoms with Gasteiger partial charge in [-0.25, -0.2) is 9.78 Å². The van der Waals surface area contributed by atoms with Crippen molar-refractivity contribution in [3.8, 4) is 11.1 Å². The summed E-state index contributed by atoms with van der Waals surface area (Å²) in [5.41, 5.74) is 0.778. The lowest BCUT2D eigenvalue weighted by Gasteiger charge is -2.08. The van der Waals surface area contributed by atoms with Gasteiger partial charge in [0, 0.05) is 31.1 Å². The van der Waals surface area contributed by atoms with E-state index in [1.165, 1.54) is 17.5 Å². The number of carbonyl (C=O) groups is 1. The highest BCUT2D eigenvalue weighted by Crippen LogP contribution is 2.33. The summed E-state index contributed by atoms with van der Waals surface area (Å²) in [7, 11) is 0. The van der Waals surface area contributed by atoms with Crippen molar-refractivity contribution in [3.63, 3.8) is 0 Å². The van der Waals surface area contributed by atoms with Crippen molar-refractivity contribution in [1.82, 2.24) is 15.3 Å². The van der Waals surface area contributed by atoms with Crippen LogP contribution in [0, 0.1) is 0 Å². The van der Waals surface area contributed by atoms with Gasteiger partial charge in [0.2, 0.25) is 0 Å². The van der Waals surface area contributed by atoms with E-state index in [-0.39, 0.29) is 0 Å². The van der Waals surface area contributed by atoms with Gasteiger partial charge in [-0.2, -0.15) is 13.2 Å². The van der Waals surface area contributed by atoms with Crippen molar-refractivity contribution in [1.29, 1.82) is 0 Å². The predicted molar refractivity (Wildman–Crippen MR) is 106 cm³/mol. The molecule has 6 nitrogen and oxygen atoms in total. The summed E-state index contributed by atoms with van der Waals surface area (Å²) in [4.78, 5) is 19.9. The Morgan fingerprint density at radius 1 is 1.17 bits per heavy atom. The fourth-order valence-corrected chi connectivity index (χ4v) is 3.44. The van der Waals surface area contributed by atoms with E-state index in [4.69, 9.17) is 4.74 Å². The number of anilines is 1. The number of thiazole rings is 1. The largest absolute Gasteiger partial charge is 0.417 e. The second kappa shape index (κ2) is 9.19. The van der Waals surface area contributed by atoms with E-state index in [1.54, 1.807) is 18.2 Å². The molecule has 0 unspecified atom stereocenters. The second-order valence-electron chi connectivity index (χ2n) is 6.15. The average molecular weight is 424 g/mol. The number of alkyl halides is 3. The molecule has 3 aromatic rings. The Morgan fingerprint density at radius 2 is 2.00 bits per heavy atom. The Morgan fingerprint density at radius 3 is 2.76 bits per heavy atom. The number of pyridine rings is 1. The van der Waals surface area contributed by atoms with Crippen LogP contribution in [0.1, 0.15) is 18.9 Å². The summed E-state index contributed by atoms with van der Waals surface area (Å²) in [5, 5.41) is 5.71. The first-order chi connectivity index (χ1) is 13.9. The van der Waals surface area contributed by atoms with Crippen molar-refractivity contribution in [3.05, 3.63) is 42.2 Å². The highest BCUT2D eigenvalue weighted by Gasteiger charge is 2.31. The molecule has 29 heavy (non-hydrogen) atoms. The van der Waals surface area contributed by atoms with E-state index in [2.05, 4.69) is 20.6 Å². The van der Waals surface area contributed by atoms with Crippen LogP contribution in [-0.4, -0.2) is 35.8 Å². The number of amides is 2. The van der Waals surface area contributed by atoms with Gasteiger partial charge in [-0.3, -0.25) is 10.3 Å². The fraction of sp³-hybridized carbons (Fsp3) is 0.316. The topological polar surface area (TPSA) is 76.1 Å². The van der Waals surface area contributed by atoms with E-state index >= 15 is 0 Å². The van der Waals surface area contributed by atoms with Gasteiger partial charge < -0.3 is 10.1 Å². The molecule has 0 bridgehead atoms. The number of ether oxygens (including phenoxy) is 1. The van der Waals surface area contributed by atoms with Crippen molar-refractivity contribution in [2.45, 2.75) is 19.5 Å². The lowest BCUT2D eigenvalue weighted by Crippen LogP contribution is -2.31. The van der Waals surface area contributed by atoms with Gasteiger partial charge in [-0.1, -0.05) is 24.3 Å². The molecule has 3 rings (SSSR count). The van der Waals surface area contributed by atoms with E-state index in [0.717, 1.165) is 23.4 Å². The molecule has 154 valence electrons. The molecule has 2 heterocycles. The van der Waals surface area contributed by atoms with E-state index < -0.39 is 17.8 Å². The van der Waals surface area contributed by atoms with E-state index in [9.17, 15) is 18.0 Å². The quantitative estimate of drug-likeness (QED) is 0.528. The number of hydrogen-bond donors (Lipinski definition) is 2. The smallest absolute Gasteiger partial charge is 0.380 e. The van der Waals surface area contributed by atoms with Crippen LogP contribution in [0.5, 0.6) is 0 Å². The molecule has 10 heteroatoms. The van der Waals surface area contributed by atoms with Crippen LogP contribution in [-0.2, 0) is 10.9 Å². The molecule has 0 saturated heterocycles. The number of nitrogens with one attached hydrogen (secondary N) is 2. The predicted octanol–water partition coefficient (Wildman–Crippen LogP) is 4.93. The monoisotopic (exact) mass is 424 g/mol. The molecule has 1 aromatic carbocycles. The van der Waals surface area contributed by atoms with Gasteiger partial charge in [0.15, 0.2) is 5.13 Å². The van der Waals surface area contributed by atoms with Crippen molar-refractivity contribution < 1.29 is 22.7 Å². The van der Waals surface area contributed by atoms with Crippen LogP contribution in [0.15, 0.2) is 36.7 Å². The molecule has 0 saturated carbocycles. The van der Waals surface area contributed by atoms with Crippen LogP contribution < -0.4 is 10.6 Å². The highest BCUT2D eigenvalue weighted by molar-refractivity contribution is 7.22. The van der Waals surface area contributed by atoms with Gasteiger partial charge >= 0.3 is 12.2 Å². The number of benzene rings is 1. The SMILES string of the molecule is CCCOCCNC(=O)Nc1nc2ccc(-c3cncc(C(F)(F)F)c3)cc2s1. The van der Waals surface area contributed by atoms with Crippen LogP contribution in [0.2, 0.25) is 0 Å². The number of aromatic nitrogens is 2. The zero-order chi connectivity index (χ0) is 20.9. The fourth-order valence-electron chi connectivity index (χ4n) is 2.53. The summed E-state index contributed by atoms with van der Waals surface area (Å²) in [6, 6.07) is 5.76. The Hall–Kier alpha value is -2.72. The number of rotatable bonds is 7. The number of carbonyl (C=O) groups excluding carboxylic acids is 1. The third-order valence-corrected chi connectivity index (χ3v) is 4.82. The van der Waals surface area contributed by atoms with Crippen molar-refractivity contribution >= 4 is 32.7 Å². The molecular formula is C19H19F3N4O2S. The van der Waals surface area contributed by atoms with Gasteiger partial charge in [0.25, 0.3) is 0 Å². The number of fused-ring (bicyclic) bond motifs is 1. The molecule has 2 aromatic heterocycles. The molecule has 0 fully saturated rings. The van der Waals surface area contributed by atoms with Crippen molar-refractivity contribution in [2.75, 3.05) is 25.1 Å². The van der Waals surface area contributed by atoms with Crippen LogP contribution in [0.3, 0.4) is 0 Å². The summed E-state index contributed by atoms with van der Waals surface area (Å²) >= 11 is 1.23. The average Bonchev–Trinajstić information content (AvgIpc) is 3.08. The zero-order valence-corrected chi connectivity index (χ0v) is 16.4. The number of urea groups is 1. The summed E-state index contributed by atoms with van der Waals surface area (Å²) in [6.45, 7) is 3.45. The summed E-state index contributed by atoms with van der Waals surface area (Å²) < 4.78 is 44.7. The molecule has 0 aliphatic carbocycles. The van der Waals surface area contributed by atoms with E-state index in [1.807, 2.05) is 6.92 Å².